The maximum atomic E-state index is 13.7. The standard InChI is InChI=1S/C24H25FN2O4S/c1-14-6-4-5-7-17(14)20-18-19(24(26-20,12-13-32-3)23(30)31-2)22(29)27(21(18)28)16-10-8-15(25)9-11-16/h4-11,18-20,26H,12-13H2,1-3H3/t18-,19-,20+,24-/m0/s1. The minimum absolute atomic E-state index is 0.294. The topological polar surface area (TPSA) is 75.7 Å². The molecule has 0 aliphatic carbocycles. The van der Waals surface area contributed by atoms with Gasteiger partial charge in [0.25, 0.3) is 0 Å². The Morgan fingerprint density at radius 3 is 2.47 bits per heavy atom. The average molecular weight is 457 g/mol. The summed E-state index contributed by atoms with van der Waals surface area (Å²) in [5.74, 6) is -3.00. The zero-order valence-electron chi connectivity index (χ0n) is 18.1. The molecule has 2 aromatic rings. The van der Waals surface area contributed by atoms with Gasteiger partial charge in [-0.25, -0.2) is 9.29 Å². The molecule has 168 valence electrons. The van der Waals surface area contributed by atoms with E-state index in [0.717, 1.165) is 16.0 Å². The summed E-state index contributed by atoms with van der Waals surface area (Å²) in [5, 5.41) is 3.37. The number of anilines is 1. The zero-order chi connectivity index (χ0) is 23.0. The molecule has 2 aliphatic heterocycles. The minimum Gasteiger partial charge on any atom is -0.468 e. The number of hydrogen-bond acceptors (Lipinski definition) is 6. The maximum Gasteiger partial charge on any atom is 0.326 e. The summed E-state index contributed by atoms with van der Waals surface area (Å²) >= 11 is 1.55. The number of benzene rings is 2. The van der Waals surface area contributed by atoms with Crippen LogP contribution >= 0.6 is 11.8 Å². The first kappa shape index (κ1) is 22.5. The van der Waals surface area contributed by atoms with Crippen LogP contribution in [0.1, 0.15) is 23.6 Å². The summed E-state index contributed by atoms with van der Waals surface area (Å²) < 4.78 is 18.6. The first-order valence-corrected chi connectivity index (χ1v) is 11.8. The van der Waals surface area contributed by atoms with Crippen molar-refractivity contribution in [2.75, 3.05) is 24.0 Å². The molecule has 0 aromatic heterocycles. The molecular weight excluding hydrogens is 431 g/mol. The lowest BCUT2D eigenvalue weighted by molar-refractivity contribution is -0.152. The minimum atomic E-state index is -1.34. The van der Waals surface area contributed by atoms with Crippen molar-refractivity contribution in [2.24, 2.45) is 11.8 Å². The smallest absolute Gasteiger partial charge is 0.326 e. The van der Waals surface area contributed by atoms with Gasteiger partial charge < -0.3 is 4.74 Å². The number of nitrogens with zero attached hydrogens (tertiary/aromatic N) is 1. The van der Waals surface area contributed by atoms with Gasteiger partial charge in [0.05, 0.1) is 24.6 Å². The maximum absolute atomic E-state index is 13.7. The fourth-order valence-corrected chi connectivity index (χ4v) is 5.54. The number of imide groups is 1. The van der Waals surface area contributed by atoms with E-state index in [1.807, 2.05) is 37.4 Å². The Hall–Kier alpha value is -2.71. The van der Waals surface area contributed by atoms with Crippen molar-refractivity contribution in [3.05, 3.63) is 65.5 Å². The van der Waals surface area contributed by atoms with Gasteiger partial charge in [-0.2, -0.15) is 11.8 Å². The van der Waals surface area contributed by atoms with Crippen LogP contribution in [0.15, 0.2) is 48.5 Å². The van der Waals surface area contributed by atoms with Crippen molar-refractivity contribution < 1.29 is 23.5 Å². The number of methoxy groups -OCH3 is 1. The Bertz CT molecular complexity index is 1060. The predicted molar refractivity (Wildman–Crippen MR) is 121 cm³/mol. The van der Waals surface area contributed by atoms with Crippen molar-refractivity contribution in [3.63, 3.8) is 0 Å². The van der Waals surface area contributed by atoms with E-state index >= 15 is 0 Å². The van der Waals surface area contributed by atoms with Crippen LogP contribution in [-0.2, 0) is 19.1 Å². The SMILES string of the molecule is COC(=O)[C@@]1(CCSC)N[C@H](c2ccccc2C)[C@H]2C(=O)N(c3ccc(F)cc3)C(=O)[C@H]21. The fraction of sp³-hybridized carbons (Fsp3) is 0.375. The van der Waals surface area contributed by atoms with E-state index in [-0.39, 0.29) is 0 Å². The summed E-state index contributed by atoms with van der Waals surface area (Å²) in [7, 11) is 1.29. The molecule has 0 spiro atoms. The van der Waals surface area contributed by atoms with Gasteiger partial charge in [-0.15, -0.1) is 0 Å². The van der Waals surface area contributed by atoms with Gasteiger partial charge in [-0.05, 0) is 60.7 Å². The van der Waals surface area contributed by atoms with E-state index in [9.17, 15) is 18.8 Å². The largest absolute Gasteiger partial charge is 0.468 e. The van der Waals surface area contributed by atoms with Crippen LogP contribution < -0.4 is 10.2 Å². The van der Waals surface area contributed by atoms with E-state index in [1.54, 1.807) is 11.8 Å². The van der Waals surface area contributed by atoms with Crippen LogP contribution in [0.5, 0.6) is 0 Å². The van der Waals surface area contributed by atoms with Crippen LogP contribution in [0, 0.1) is 24.6 Å². The number of ether oxygens (including phenoxy) is 1. The van der Waals surface area contributed by atoms with Crippen LogP contribution in [0.3, 0.4) is 0 Å². The number of rotatable bonds is 6. The number of thioether (sulfide) groups is 1. The summed E-state index contributed by atoms with van der Waals surface area (Å²) in [5.41, 5.74) is 0.772. The van der Waals surface area contributed by atoms with Gasteiger partial charge in [0.2, 0.25) is 11.8 Å². The predicted octanol–water partition coefficient (Wildman–Crippen LogP) is 3.25. The molecule has 4 atom stereocenters. The summed E-state index contributed by atoms with van der Waals surface area (Å²) in [6.45, 7) is 1.94. The van der Waals surface area contributed by atoms with Crippen molar-refractivity contribution in [3.8, 4) is 0 Å². The number of hydrogen-bond donors (Lipinski definition) is 1. The lowest BCUT2D eigenvalue weighted by Crippen LogP contribution is -2.56. The Kier molecular flexibility index (Phi) is 6.09. The van der Waals surface area contributed by atoms with Gasteiger partial charge in [0.1, 0.15) is 11.4 Å². The molecule has 2 saturated heterocycles. The van der Waals surface area contributed by atoms with Gasteiger partial charge in [-0.1, -0.05) is 24.3 Å². The van der Waals surface area contributed by atoms with Gasteiger partial charge in [-0.3, -0.25) is 19.7 Å². The van der Waals surface area contributed by atoms with E-state index in [4.69, 9.17) is 4.74 Å². The molecule has 32 heavy (non-hydrogen) atoms. The highest BCUT2D eigenvalue weighted by atomic mass is 32.2. The third kappa shape index (κ3) is 3.42. The van der Waals surface area contributed by atoms with Crippen LogP contribution in [0.25, 0.3) is 0 Å². The highest BCUT2D eigenvalue weighted by Gasteiger charge is 2.68. The summed E-state index contributed by atoms with van der Waals surface area (Å²) in [6.07, 6.45) is 2.25. The summed E-state index contributed by atoms with van der Waals surface area (Å²) in [4.78, 5) is 41.6. The van der Waals surface area contributed by atoms with E-state index in [0.29, 0.717) is 17.9 Å². The number of fused-ring (bicyclic) bond motifs is 1. The molecule has 1 N–H and O–H groups in total. The monoisotopic (exact) mass is 456 g/mol. The average Bonchev–Trinajstić information content (AvgIpc) is 3.27. The number of carbonyl (C=O) groups is 3. The van der Waals surface area contributed by atoms with E-state index < -0.39 is 47.0 Å². The second-order valence-corrected chi connectivity index (χ2v) is 9.16. The van der Waals surface area contributed by atoms with Crippen molar-refractivity contribution in [1.82, 2.24) is 5.32 Å². The number of carbonyl (C=O) groups excluding carboxylic acids is 3. The first-order chi connectivity index (χ1) is 15.4. The normalized spacial score (nSPS) is 27.0. The number of amides is 2. The Morgan fingerprint density at radius 1 is 1.16 bits per heavy atom. The molecule has 2 fully saturated rings. The summed E-state index contributed by atoms with van der Waals surface area (Å²) in [6, 6.07) is 12.3. The van der Waals surface area contributed by atoms with Gasteiger partial charge >= 0.3 is 5.97 Å². The molecule has 2 aromatic carbocycles. The molecule has 2 aliphatic rings. The van der Waals surface area contributed by atoms with Crippen molar-refractivity contribution in [1.29, 1.82) is 0 Å². The fourth-order valence-electron chi connectivity index (χ4n) is 5.01. The second-order valence-electron chi connectivity index (χ2n) is 8.18. The molecule has 0 radical (unpaired) electrons. The van der Waals surface area contributed by atoms with E-state index in [1.165, 1.54) is 31.4 Å². The number of nitrogens with one attached hydrogen (secondary N) is 1. The lowest BCUT2D eigenvalue weighted by Gasteiger charge is -2.32. The highest BCUT2D eigenvalue weighted by molar-refractivity contribution is 7.98. The second kappa shape index (κ2) is 8.67. The van der Waals surface area contributed by atoms with E-state index in [2.05, 4.69) is 5.32 Å². The van der Waals surface area contributed by atoms with Crippen molar-refractivity contribution in [2.45, 2.75) is 24.9 Å². The Labute approximate surface area is 190 Å². The molecule has 8 heteroatoms. The van der Waals surface area contributed by atoms with Crippen LogP contribution in [0.4, 0.5) is 10.1 Å². The third-order valence-electron chi connectivity index (χ3n) is 6.51. The molecule has 6 nitrogen and oxygen atoms in total. The van der Waals surface area contributed by atoms with Crippen molar-refractivity contribution >= 4 is 35.2 Å². The Morgan fingerprint density at radius 2 is 1.84 bits per heavy atom. The van der Waals surface area contributed by atoms with Crippen LogP contribution in [-0.4, -0.2) is 42.4 Å². The molecule has 0 bridgehead atoms. The molecule has 4 rings (SSSR count). The number of halogens is 1. The van der Waals surface area contributed by atoms with Crippen LogP contribution in [0.2, 0.25) is 0 Å². The molecular formula is C24H25FN2O4S. The van der Waals surface area contributed by atoms with Gasteiger partial charge in [0, 0.05) is 6.04 Å². The molecule has 2 amide bonds. The zero-order valence-corrected chi connectivity index (χ0v) is 18.9. The molecule has 0 unspecified atom stereocenters. The quantitative estimate of drug-likeness (QED) is 0.531. The number of aryl methyl sites for hydroxylation is 1. The third-order valence-corrected chi connectivity index (χ3v) is 7.13. The molecule has 2 heterocycles. The lowest BCUT2D eigenvalue weighted by atomic mass is 9.77. The first-order valence-electron chi connectivity index (χ1n) is 10.4. The van der Waals surface area contributed by atoms with Gasteiger partial charge in [0.15, 0.2) is 0 Å². The highest BCUT2D eigenvalue weighted by Crippen LogP contribution is 2.51. The Balaban J connectivity index is 1.87. The number of esters is 1. The molecule has 0 saturated carbocycles.